The van der Waals surface area contributed by atoms with Crippen molar-refractivity contribution in [3.63, 3.8) is 0 Å². The molecule has 0 saturated carbocycles. The van der Waals surface area contributed by atoms with Crippen molar-refractivity contribution in [1.82, 2.24) is 4.90 Å². The van der Waals surface area contributed by atoms with Crippen molar-refractivity contribution in [3.05, 3.63) is 0 Å². The van der Waals surface area contributed by atoms with Crippen LogP contribution in [-0.2, 0) is 0 Å². The number of hydrogen-bond acceptors (Lipinski definition) is 2. The summed E-state index contributed by atoms with van der Waals surface area (Å²) in [7, 11) is 0. The van der Waals surface area contributed by atoms with Gasteiger partial charge in [-0.15, -0.1) is 0 Å². The number of unbranched alkanes of at least 4 members (excludes halogenated alkanes) is 1. The maximum absolute atomic E-state index is 11.3. The first kappa shape index (κ1) is 15.3. The number of hydrogen-bond donors (Lipinski definition) is 2. The molecule has 1 aliphatic heterocycles. The highest BCUT2D eigenvalue weighted by molar-refractivity contribution is 5.65. The quantitative estimate of drug-likeness (QED) is 0.761. The van der Waals surface area contributed by atoms with Crippen LogP contribution in [0, 0.1) is 11.3 Å². The third-order valence-electron chi connectivity index (χ3n) is 3.98. The zero-order chi connectivity index (χ0) is 13.8. The number of rotatable bonds is 4. The Labute approximate surface area is 110 Å². The lowest BCUT2D eigenvalue weighted by Crippen LogP contribution is -2.51. The molecule has 1 aliphatic rings. The molecule has 0 aromatic heterocycles. The predicted octanol–water partition coefficient (Wildman–Crippen LogP) is 2.95. The highest BCUT2D eigenvalue weighted by Gasteiger charge is 2.38. The number of carboxylic acid groups (broad SMARTS) is 1. The zero-order valence-corrected chi connectivity index (χ0v) is 11.9. The van der Waals surface area contributed by atoms with Crippen LogP contribution in [0.1, 0.15) is 52.9 Å². The maximum atomic E-state index is 11.3. The lowest BCUT2D eigenvalue weighted by Gasteiger charge is -2.44. The maximum Gasteiger partial charge on any atom is 0.407 e. The SMILES string of the molecule is CC(C)(C)C1CC(CCCCO)CCN1C(=O)O. The number of amides is 1. The number of nitrogens with zero attached hydrogens (tertiary/aromatic N) is 1. The second kappa shape index (κ2) is 6.41. The molecule has 1 heterocycles. The third-order valence-corrected chi connectivity index (χ3v) is 3.98. The standard InChI is InChI=1S/C14H27NO3/c1-14(2,3)12-10-11(6-4-5-9-16)7-8-15(12)13(17)18/h11-12,16H,4-10H2,1-3H3,(H,17,18). The first-order chi connectivity index (χ1) is 8.36. The Kier molecular flexibility index (Phi) is 5.45. The summed E-state index contributed by atoms with van der Waals surface area (Å²) in [6.45, 7) is 7.26. The van der Waals surface area contributed by atoms with Crippen molar-refractivity contribution in [2.24, 2.45) is 11.3 Å². The van der Waals surface area contributed by atoms with E-state index in [1.165, 1.54) is 0 Å². The molecule has 4 heteroatoms. The van der Waals surface area contributed by atoms with Crippen molar-refractivity contribution >= 4 is 6.09 Å². The molecule has 0 bridgehead atoms. The van der Waals surface area contributed by atoms with Crippen LogP contribution in [-0.4, -0.2) is 40.4 Å². The van der Waals surface area contributed by atoms with Crippen LogP contribution in [0.5, 0.6) is 0 Å². The van der Waals surface area contributed by atoms with Gasteiger partial charge in [0.1, 0.15) is 0 Å². The van der Waals surface area contributed by atoms with Crippen LogP contribution in [0.3, 0.4) is 0 Å². The van der Waals surface area contributed by atoms with Crippen LogP contribution >= 0.6 is 0 Å². The van der Waals surface area contributed by atoms with Gasteiger partial charge in [0.05, 0.1) is 0 Å². The highest BCUT2D eigenvalue weighted by Crippen LogP contribution is 2.36. The van der Waals surface area contributed by atoms with Gasteiger partial charge >= 0.3 is 6.09 Å². The van der Waals surface area contributed by atoms with Crippen LogP contribution < -0.4 is 0 Å². The van der Waals surface area contributed by atoms with Gasteiger partial charge in [-0.2, -0.15) is 0 Å². The lowest BCUT2D eigenvalue weighted by atomic mass is 9.76. The molecule has 106 valence electrons. The molecular weight excluding hydrogens is 230 g/mol. The van der Waals surface area contributed by atoms with Crippen molar-refractivity contribution in [1.29, 1.82) is 0 Å². The molecule has 2 atom stereocenters. The summed E-state index contributed by atoms with van der Waals surface area (Å²) in [6.07, 6.45) is 4.15. The van der Waals surface area contributed by atoms with Gasteiger partial charge in [0.2, 0.25) is 0 Å². The summed E-state index contributed by atoms with van der Waals surface area (Å²) in [4.78, 5) is 12.9. The van der Waals surface area contributed by atoms with Crippen LogP contribution in [0.25, 0.3) is 0 Å². The normalized spacial score (nSPS) is 25.2. The molecule has 1 amide bonds. The number of aliphatic hydroxyl groups excluding tert-OH is 1. The van der Waals surface area contributed by atoms with Crippen molar-refractivity contribution in [2.45, 2.75) is 58.9 Å². The zero-order valence-electron chi connectivity index (χ0n) is 11.9. The van der Waals surface area contributed by atoms with Gasteiger partial charge in [-0.1, -0.05) is 33.6 Å². The number of piperidine rings is 1. The topological polar surface area (TPSA) is 60.8 Å². The van der Waals surface area contributed by atoms with Gasteiger partial charge in [-0.3, -0.25) is 0 Å². The van der Waals surface area contributed by atoms with E-state index in [1.807, 2.05) is 0 Å². The van der Waals surface area contributed by atoms with E-state index in [0.29, 0.717) is 12.5 Å². The van der Waals surface area contributed by atoms with Gasteiger partial charge in [0.15, 0.2) is 0 Å². The van der Waals surface area contributed by atoms with Crippen molar-refractivity contribution < 1.29 is 15.0 Å². The van der Waals surface area contributed by atoms with Gasteiger partial charge < -0.3 is 15.1 Å². The number of aliphatic hydroxyl groups is 1. The summed E-state index contributed by atoms with van der Waals surface area (Å²) in [5.41, 5.74) is -0.00591. The minimum absolute atomic E-state index is 0.00591. The minimum atomic E-state index is -0.788. The first-order valence-corrected chi connectivity index (χ1v) is 6.96. The Morgan fingerprint density at radius 3 is 2.50 bits per heavy atom. The summed E-state index contributed by atoms with van der Waals surface area (Å²) in [5.74, 6) is 0.608. The molecule has 0 aromatic carbocycles. The average molecular weight is 257 g/mol. The van der Waals surface area contributed by atoms with Crippen LogP contribution in [0.15, 0.2) is 0 Å². The summed E-state index contributed by atoms with van der Waals surface area (Å²) >= 11 is 0. The second-order valence-electron chi connectivity index (χ2n) is 6.47. The fraction of sp³-hybridized carbons (Fsp3) is 0.929. The van der Waals surface area contributed by atoms with E-state index in [0.717, 1.165) is 32.1 Å². The number of carbonyl (C=O) groups is 1. The lowest BCUT2D eigenvalue weighted by molar-refractivity contribution is 0.0383. The second-order valence-corrected chi connectivity index (χ2v) is 6.47. The van der Waals surface area contributed by atoms with E-state index in [9.17, 15) is 9.90 Å². The molecule has 1 rings (SSSR count). The minimum Gasteiger partial charge on any atom is -0.465 e. The summed E-state index contributed by atoms with van der Waals surface area (Å²) in [6, 6.07) is 0.114. The number of likely N-dealkylation sites (tertiary alicyclic amines) is 1. The molecule has 2 N–H and O–H groups in total. The highest BCUT2D eigenvalue weighted by atomic mass is 16.4. The largest absolute Gasteiger partial charge is 0.465 e. The third kappa shape index (κ3) is 4.16. The summed E-state index contributed by atoms with van der Waals surface area (Å²) < 4.78 is 0. The van der Waals surface area contributed by atoms with Gasteiger partial charge in [0, 0.05) is 19.2 Å². The molecule has 0 aliphatic carbocycles. The Morgan fingerprint density at radius 1 is 1.33 bits per heavy atom. The monoisotopic (exact) mass is 257 g/mol. The molecule has 2 unspecified atom stereocenters. The van der Waals surface area contributed by atoms with Crippen molar-refractivity contribution in [2.75, 3.05) is 13.2 Å². The fourth-order valence-electron chi connectivity index (χ4n) is 2.90. The van der Waals surface area contributed by atoms with Crippen molar-refractivity contribution in [3.8, 4) is 0 Å². The smallest absolute Gasteiger partial charge is 0.407 e. The van der Waals surface area contributed by atoms with E-state index in [4.69, 9.17) is 5.11 Å². The molecule has 0 radical (unpaired) electrons. The van der Waals surface area contributed by atoms with E-state index in [-0.39, 0.29) is 18.1 Å². The molecule has 1 saturated heterocycles. The average Bonchev–Trinajstić information content (AvgIpc) is 2.28. The fourth-order valence-corrected chi connectivity index (χ4v) is 2.90. The van der Waals surface area contributed by atoms with Crippen LogP contribution in [0.4, 0.5) is 4.79 Å². The van der Waals surface area contributed by atoms with E-state index in [2.05, 4.69) is 20.8 Å². The molecule has 1 fully saturated rings. The van der Waals surface area contributed by atoms with E-state index in [1.54, 1.807) is 4.90 Å². The Morgan fingerprint density at radius 2 is 2.00 bits per heavy atom. The molecule has 0 spiro atoms. The first-order valence-electron chi connectivity index (χ1n) is 6.96. The van der Waals surface area contributed by atoms with Gasteiger partial charge in [-0.25, -0.2) is 4.79 Å². The Balaban J connectivity index is 2.59. The van der Waals surface area contributed by atoms with Gasteiger partial charge in [0.25, 0.3) is 0 Å². The van der Waals surface area contributed by atoms with E-state index < -0.39 is 6.09 Å². The molecule has 0 aromatic rings. The predicted molar refractivity (Wildman–Crippen MR) is 71.6 cm³/mol. The summed E-state index contributed by atoms with van der Waals surface area (Å²) in [5, 5.41) is 18.1. The van der Waals surface area contributed by atoms with Gasteiger partial charge in [-0.05, 0) is 30.6 Å². The van der Waals surface area contributed by atoms with Crippen LogP contribution in [0.2, 0.25) is 0 Å². The molecule has 4 nitrogen and oxygen atoms in total. The molecular formula is C14H27NO3. The Bertz CT molecular complexity index is 273. The Hall–Kier alpha value is -0.770. The molecule has 18 heavy (non-hydrogen) atoms. The van der Waals surface area contributed by atoms with E-state index >= 15 is 0 Å².